The van der Waals surface area contributed by atoms with Crippen molar-refractivity contribution in [1.29, 1.82) is 0 Å². The van der Waals surface area contributed by atoms with Crippen LogP contribution >= 0.6 is 11.6 Å². The molecule has 0 spiro atoms. The molecule has 0 aromatic heterocycles. The summed E-state index contributed by atoms with van der Waals surface area (Å²) in [6.07, 6.45) is 0. The number of nitrogens with zero attached hydrogens (tertiary/aromatic N) is 2. The zero-order valence-electron chi connectivity index (χ0n) is 18.7. The third-order valence-corrected chi connectivity index (χ3v) is 7.42. The molecule has 0 N–H and O–H groups in total. The van der Waals surface area contributed by atoms with Gasteiger partial charge in [0, 0.05) is 26.2 Å². The van der Waals surface area contributed by atoms with Crippen LogP contribution < -0.4 is 9.47 Å². The lowest BCUT2D eigenvalue weighted by atomic mass is 10.1. The van der Waals surface area contributed by atoms with E-state index in [1.807, 2.05) is 13.0 Å². The Morgan fingerprint density at radius 2 is 1.71 bits per heavy atom. The SMILES string of the molecule is CCN(Cc1ccc(OC)c(OC)c1)C(=O)c1cc(S(=O)(=O)N(C)C(C)C)ccc1Cl. The molecule has 2 aromatic carbocycles. The van der Waals surface area contributed by atoms with Crippen molar-refractivity contribution in [3.05, 3.63) is 52.5 Å². The van der Waals surface area contributed by atoms with E-state index in [0.717, 1.165) is 5.56 Å². The van der Waals surface area contributed by atoms with Gasteiger partial charge in [-0.2, -0.15) is 4.31 Å². The fraction of sp³-hybridized carbons (Fsp3) is 0.409. The summed E-state index contributed by atoms with van der Waals surface area (Å²) in [4.78, 5) is 14.9. The zero-order chi connectivity index (χ0) is 23.3. The number of methoxy groups -OCH3 is 2. The number of hydrogen-bond donors (Lipinski definition) is 0. The molecule has 0 fully saturated rings. The van der Waals surface area contributed by atoms with E-state index in [0.29, 0.717) is 24.6 Å². The molecule has 31 heavy (non-hydrogen) atoms. The fourth-order valence-corrected chi connectivity index (χ4v) is 4.56. The van der Waals surface area contributed by atoms with E-state index in [1.165, 1.54) is 29.6 Å². The molecule has 0 atom stereocenters. The highest BCUT2D eigenvalue weighted by molar-refractivity contribution is 7.89. The van der Waals surface area contributed by atoms with E-state index >= 15 is 0 Å². The first-order valence-electron chi connectivity index (χ1n) is 9.84. The molecule has 170 valence electrons. The lowest BCUT2D eigenvalue weighted by molar-refractivity contribution is 0.0752. The van der Waals surface area contributed by atoms with Crippen LogP contribution in [-0.4, -0.2) is 57.4 Å². The predicted octanol–water partition coefficient (Wildman–Crippen LogP) is 4.05. The maximum Gasteiger partial charge on any atom is 0.255 e. The molecule has 0 unspecified atom stereocenters. The van der Waals surface area contributed by atoms with E-state index in [4.69, 9.17) is 21.1 Å². The van der Waals surface area contributed by atoms with Gasteiger partial charge >= 0.3 is 0 Å². The van der Waals surface area contributed by atoms with Crippen LogP contribution in [0.15, 0.2) is 41.3 Å². The summed E-state index contributed by atoms with van der Waals surface area (Å²) in [5.41, 5.74) is 0.981. The van der Waals surface area contributed by atoms with E-state index in [9.17, 15) is 13.2 Å². The summed E-state index contributed by atoms with van der Waals surface area (Å²) in [6.45, 7) is 6.12. The van der Waals surface area contributed by atoms with Crippen LogP contribution in [0.2, 0.25) is 5.02 Å². The van der Waals surface area contributed by atoms with E-state index in [-0.39, 0.29) is 27.4 Å². The normalized spacial score (nSPS) is 11.6. The molecule has 0 saturated carbocycles. The predicted molar refractivity (Wildman–Crippen MR) is 121 cm³/mol. The Balaban J connectivity index is 2.38. The van der Waals surface area contributed by atoms with Crippen molar-refractivity contribution in [1.82, 2.24) is 9.21 Å². The summed E-state index contributed by atoms with van der Waals surface area (Å²) in [7, 11) is 0.861. The largest absolute Gasteiger partial charge is 0.493 e. The first-order valence-corrected chi connectivity index (χ1v) is 11.7. The number of carbonyl (C=O) groups is 1. The van der Waals surface area contributed by atoms with Gasteiger partial charge in [-0.3, -0.25) is 4.79 Å². The fourth-order valence-electron chi connectivity index (χ4n) is 2.97. The Morgan fingerprint density at radius 1 is 1.06 bits per heavy atom. The van der Waals surface area contributed by atoms with Crippen LogP contribution in [0, 0.1) is 0 Å². The lowest BCUT2D eigenvalue weighted by Gasteiger charge is -2.24. The van der Waals surface area contributed by atoms with Gasteiger partial charge in [-0.15, -0.1) is 0 Å². The van der Waals surface area contributed by atoms with Crippen molar-refractivity contribution in [2.24, 2.45) is 0 Å². The van der Waals surface area contributed by atoms with Gasteiger partial charge in [-0.05, 0) is 56.7 Å². The number of sulfonamides is 1. The van der Waals surface area contributed by atoms with Gasteiger partial charge in [0.25, 0.3) is 5.91 Å². The molecule has 2 rings (SSSR count). The zero-order valence-corrected chi connectivity index (χ0v) is 20.2. The molecule has 0 heterocycles. The number of rotatable bonds is 9. The Labute approximate surface area is 189 Å². The second kappa shape index (κ2) is 10.3. The van der Waals surface area contributed by atoms with Crippen LogP contribution in [0.25, 0.3) is 0 Å². The summed E-state index contributed by atoms with van der Waals surface area (Å²) in [6, 6.07) is 9.39. The highest BCUT2D eigenvalue weighted by atomic mass is 35.5. The van der Waals surface area contributed by atoms with E-state index < -0.39 is 10.0 Å². The van der Waals surface area contributed by atoms with Crippen LogP contribution in [0.3, 0.4) is 0 Å². The number of halogens is 1. The van der Waals surface area contributed by atoms with Gasteiger partial charge in [0.05, 0.1) is 29.7 Å². The molecule has 9 heteroatoms. The van der Waals surface area contributed by atoms with Crippen molar-refractivity contribution in [2.75, 3.05) is 27.8 Å². The van der Waals surface area contributed by atoms with Crippen molar-refractivity contribution < 1.29 is 22.7 Å². The van der Waals surface area contributed by atoms with Gasteiger partial charge in [0.15, 0.2) is 11.5 Å². The quantitative estimate of drug-likeness (QED) is 0.555. The van der Waals surface area contributed by atoms with Crippen LogP contribution in [0.5, 0.6) is 11.5 Å². The second-order valence-corrected chi connectivity index (χ2v) is 9.67. The molecule has 0 bridgehead atoms. The lowest BCUT2D eigenvalue weighted by Crippen LogP contribution is -2.34. The molecule has 0 aliphatic carbocycles. The first-order chi connectivity index (χ1) is 14.6. The Morgan fingerprint density at radius 3 is 2.26 bits per heavy atom. The highest BCUT2D eigenvalue weighted by Crippen LogP contribution is 2.29. The summed E-state index contributed by atoms with van der Waals surface area (Å²) < 4.78 is 37.5. The topological polar surface area (TPSA) is 76.1 Å². The molecule has 7 nitrogen and oxygen atoms in total. The van der Waals surface area contributed by atoms with Crippen molar-refractivity contribution >= 4 is 27.5 Å². The summed E-state index contributed by atoms with van der Waals surface area (Å²) in [5, 5.41) is 0.196. The Kier molecular flexibility index (Phi) is 8.34. The molecule has 0 aliphatic rings. The van der Waals surface area contributed by atoms with Crippen molar-refractivity contribution in [3.8, 4) is 11.5 Å². The smallest absolute Gasteiger partial charge is 0.255 e. The molecular weight excluding hydrogens is 440 g/mol. The van der Waals surface area contributed by atoms with Crippen molar-refractivity contribution in [3.63, 3.8) is 0 Å². The molecule has 0 saturated heterocycles. The van der Waals surface area contributed by atoms with Crippen LogP contribution in [-0.2, 0) is 16.6 Å². The Hall–Kier alpha value is -2.29. The number of hydrogen-bond acceptors (Lipinski definition) is 5. The summed E-state index contributed by atoms with van der Waals surface area (Å²) >= 11 is 6.28. The van der Waals surface area contributed by atoms with Gasteiger partial charge in [0.1, 0.15) is 0 Å². The average molecular weight is 469 g/mol. The summed E-state index contributed by atoms with van der Waals surface area (Å²) in [5.74, 6) is 0.800. The first kappa shape index (κ1) is 25.0. The number of amides is 1. The van der Waals surface area contributed by atoms with E-state index in [2.05, 4.69) is 0 Å². The van der Waals surface area contributed by atoms with Crippen LogP contribution in [0.4, 0.5) is 0 Å². The standard InChI is InChI=1S/C22H29ClN2O5S/c1-7-25(14-16-8-11-20(29-5)21(12-16)30-6)22(26)18-13-17(9-10-19(18)23)31(27,28)24(4)15(2)3/h8-13,15H,7,14H2,1-6H3. The molecular formula is C22H29ClN2O5S. The Bertz CT molecular complexity index is 1040. The third-order valence-electron chi connectivity index (χ3n) is 5.06. The maximum absolute atomic E-state index is 13.2. The molecule has 1 amide bonds. The third kappa shape index (κ3) is 5.50. The highest BCUT2D eigenvalue weighted by Gasteiger charge is 2.26. The maximum atomic E-state index is 13.2. The van der Waals surface area contributed by atoms with Crippen molar-refractivity contribution in [2.45, 2.75) is 38.3 Å². The van der Waals surface area contributed by atoms with Crippen LogP contribution in [0.1, 0.15) is 36.7 Å². The number of carbonyl (C=O) groups excluding carboxylic acids is 1. The molecule has 2 aromatic rings. The van der Waals surface area contributed by atoms with E-state index in [1.54, 1.807) is 45.1 Å². The molecule has 0 radical (unpaired) electrons. The number of benzene rings is 2. The van der Waals surface area contributed by atoms with Gasteiger partial charge in [-0.25, -0.2) is 8.42 Å². The number of ether oxygens (including phenoxy) is 2. The second-order valence-electron chi connectivity index (χ2n) is 7.27. The van der Waals surface area contributed by atoms with Gasteiger partial charge in [-0.1, -0.05) is 17.7 Å². The van der Waals surface area contributed by atoms with Gasteiger partial charge < -0.3 is 14.4 Å². The minimum absolute atomic E-state index is 0.0265. The van der Waals surface area contributed by atoms with Gasteiger partial charge in [0.2, 0.25) is 10.0 Å². The molecule has 0 aliphatic heterocycles. The monoisotopic (exact) mass is 468 g/mol. The minimum atomic E-state index is -3.75. The minimum Gasteiger partial charge on any atom is -0.493 e. The average Bonchev–Trinajstić information content (AvgIpc) is 2.76.